The molecule has 0 atom stereocenters. The van der Waals surface area contributed by atoms with Crippen molar-refractivity contribution in [2.75, 3.05) is 12.4 Å². The molecular formula is C17H18BrNO2. The van der Waals surface area contributed by atoms with E-state index in [2.05, 4.69) is 21.2 Å². The summed E-state index contributed by atoms with van der Waals surface area (Å²) in [6.07, 6.45) is 0. The zero-order chi connectivity index (χ0) is 15.5. The van der Waals surface area contributed by atoms with Crippen molar-refractivity contribution in [3.63, 3.8) is 0 Å². The van der Waals surface area contributed by atoms with Crippen molar-refractivity contribution in [3.8, 4) is 5.75 Å². The Balaban J connectivity index is 2.19. The largest absolute Gasteiger partial charge is 0.497 e. The zero-order valence-corrected chi connectivity index (χ0v) is 13.9. The summed E-state index contributed by atoms with van der Waals surface area (Å²) < 4.78 is 6.08. The summed E-state index contributed by atoms with van der Waals surface area (Å²) in [6, 6.07) is 15.1. The maximum Gasteiger partial charge on any atom is 0.234 e. The van der Waals surface area contributed by atoms with Gasteiger partial charge in [-0.05, 0) is 49.7 Å². The zero-order valence-electron chi connectivity index (χ0n) is 12.3. The van der Waals surface area contributed by atoms with Crippen LogP contribution in [0.5, 0.6) is 5.75 Å². The molecule has 0 spiro atoms. The number of amides is 1. The van der Waals surface area contributed by atoms with E-state index in [1.165, 1.54) is 0 Å². The Morgan fingerprint density at radius 2 is 1.81 bits per heavy atom. The number of ether oxygens (including phenoxy) is 1. The lowest BCUT2D eigenvalue weighted by atomic mass is 9.83. The highest BCUT2D eigenvalue weighted by atomic mass is 79.9. The number of benzene rings is 2. The topological polar surface area (TPSA) is 38.3 Å². The van der Waals surface area contributed by atoms with Gasteiger partial charge in [0.15, 0.2) is 0 Å². The molecule has 4 heteroatoms. The van der Waals surface area contributed by atoms with Gasteiger partial charge in [-0.15, -0.1) is 0 Å². The molecule has 3 nitrogen and oxygen atoms in total. The maximum atomic E-state index is 12.5. The fraction of sp³-hybridized carbons (Fsp3) is 0.235. The summed E-state index contributed by atoms with van der Waals surface area (Å²) in [7, 11) is 1.63. The van der Waals surface area contributed by atoms with Gasteiger partial charge in [-0.2, -0.15) is 0 Å². The molecule has 0 bridgehead atoms. The number of hydrogen-bond acceptors (Lipinski definition) is 2. The monoisotopic (exact) mass is 347 g/mol. The fourth-order valence-corrected chi connectivity index (χ4v) is 2.39. The van der Waals surface area contributed by atoms with Crippen molar-refractivity contribution in [2.24, 2.45) is 0 Å². The first-order valence-electron chi connectivity index (χ1n) is 6.65. The lowest BCUT2D eigenvalue weighted by molar-refractivity contribution is -0.120. The van der Waals surface area contributed by atoms with Crippen LogP contribution in [-0.2, 0) is 10.2 Å². The minimum absolute atomic E-state index is 0.0502. The highest BCUT2D eigenvalue weighted by Crippen LogP contribution is 2.27. The Labute approximate surface area is 133 Å². The van der Waals surface area contributed by atoms with Gasteiger partial charge in [-0.3, -0.25) is 4.79 Å². The molecule has 2 aromatic carbocycles. The van der Waals surface area contributed by atoms with E-state index in [1.54, 1.807) is 7.11 Å². The predicted molar refractivity (Wildman–Crippen MR) is 88.8 cm³/mol. The van der Waals surface area contributed by atoms with Crippen molar-refractivity contribution in [1.29, 1.82) is 0 Å². The third-order valence-electron chi connectivity index (χ3n) is 3.46. The fourth-order valence-electron chi connectivity index (χ4n) is 1.99. The number of halogens is 1. The first-order valence-corrected chi connectivity index (χ1v) is 7.44. The van der Waals surface area contributed by atoms with E-state index in [9.17, 15) is 4.79 Å². The van der Waals surface area contributed by atoms with Gasteiger partial charge < -0.3 is 10.1 Å². The normalized spacial score (nSPS) is 11.0. The average molecular weight is 348 g/mol. The molecule has 0 aliphatic rings. The SMILES string of the molecule is COc1ccc(C(C)(C)C(=O)Nc2cccc(Br)c2)cc1. The lowest BCUT2D eigenvalue weighted by Crippen LogP contribution is -2.34. The second-order valence-corrected chi connectivity index (χ2v) is 6.23. The van der Waals surface area contributed by atoms with Crippen LogP contribution in [0.15, 0.2) is 53.0 Å². The molecule has 110 valence electrons. The molecule has 0 saturated carbocycles. The van der Waals surface area contributed by atoms with Gasteiger partial charge in [0.05, 0.1) is 12.5 Å². The molecule has 1 N–H and O–H groups in total. The van der Waals surface area contributed by atoms with Crippen LogP contribution in [0.4, 0.5) is 5.69 Å². The van der Waals surface area contributed by atoms with E-state index < -0.39 is 5.41 Å². The molecule has 0 radical (unpaired) electrons. The van der Waals surface area contributed by atoms with E-state index in [0.717, 1.165) is 21.5 Å². The van der Waals surface area contributed by atoms with Crippen molar-refractivity contribution in [1.82, 2.24) is 0 Å². The highest BCUT2D eigenvalue weighted by molar-refractivity contribution is 9.10. The number of methoxy groups -OCH3 is 1. The standard InChI is InChI=1S/C17H18BrNO2/c1-17(2,12-7-9-15(21-3)10-8-12)16(20)19-14-6-4-5-13(18)11-14/h4-11H,1-3H3,(H,19,20). The summed E-state index contributed by atoms with van der Waals surface area (Å²) >= 11 is 3.40. The van der Waals surface area contributed by atoms with Crippen molar-refractivity contribution < 1.29 is 9.53 Å². The van der Waals surface area contributed by atoms with Crippen LogP contribution in [0.2, 0.25) is 0 Å². The van der Waals surface area contributed by atoms with Crippen LogP contribution in [0.3, 0.4) is 0 Å². The lowest BCUT2D eigenvalue weighted by Gasteiger charge is -2.24. The molecule has 2 rings (SSSR count). The molecule has 0 unspecified atom stereocenters. The second-order valence-electron chi connectivity index (χ2n) is 5.32. The predicted octanol–water partition coefficient (Wildman–Crippen LogP) is 4.37. The Bertz CT molecular complexity index is 635. The molecular weight excluding hydrogens is 330 g/mol. The summed E-state index contributed by atoms with van der Waals surface area (Å²) in [5, 5.41) is 2.95. The Morgan fingerprint density at radius 3 is 2.38 bits per heavy atom. The number of nitrogens with one attached hydrogen (secondary N) is 1. The summed E-state index contributed by atoms with van der Waals surface area (Å²) in [5.74, 6) is 0.729. The first kappa shape index (κ1) is 15.6. The first-order chi connectivity index (χ1) is 9.93. The van der Waals surface area contributed by atoms with Crippen molar-refractivity contribution >= 4 is 27.5 Å². The number of hydrogen-bond donors (Lipinski definition) is 1. The minimum atomic E-state index is -0.630. The molecule has 0 aromatic heterocycles. The third-order valence-corrected chi connectivity index (χ3v) is 3.96. The molecule has 0 aliphatic carbocycles. The molecule has 0 heterocycles. The summed E-state index contributed by atoms with van der Waals surface area (Å²) in [5.41, 5.74) is 1.08. The molecule has 0 fully saturated rings. The van der Waals surface area contributed by atoms with Crippen LogP contribution < -0.4 is 10.1 Å². The number of rotatable bonds is 4. The number of carbonyl (C=O) groups is 1. The summed E-state index contributed by atoms with van der Waals surface area (Å²) in [4.78, 5) is 12.5. The highest BCUT2D eigenvalue weighted by Gasteiger charge is 2.29. The third kappa shape index (κ3) is 3.64. The average Bonchev–Trinajstić information content (AvgIpc) is 2.47. The molecule has 2 aromatic rings. The van der Waals surface area contributed by atoms with Crippen LogP contribution >= 0.6 is 15.9 Å². The maximum absolute atomic E-state index is 12.5. The van der Waals surface area contributed by atoms with Gasteiger partial charge in [0, 0.05) is 10.2 Å². The quantitative estimate of drug-likeness (QED) is 0.891. The molecule has 0 aliphatic heterocycles. The smallest absolute Gasteiger partial charge is 0.234 e. The van der Waals surface area contributed by atoms with E-state index in [4.69, 9.17) is 4.74 Å². The van der Waals surface area contributed by atoms with E-state index in [1.807, 2.05) is 62.4 Å². The van der Waals surface area contributed by atoms with Gasteiger partial charge in [0.25, 0.3) is 0 Å². The van der Waals surface area contributed by atoms with Crippen molar-refractivity contribution in [2.45, 2.75) is 19.3 Å². The van der Waals surface area contributed by atoms with E-state index in [-0.39, 0.29) is 5.91 Å². The van der Waals surface area contributed by atoms with Crippen LogP contribution in [-0.4, -0.2) is 13.0 Å². The Hall–Kier alpha value is -1.81. The van der Waals surface area contributed by atoms with Crippen LogP contribution in [0.25, 0.3) is 0 Å². The van der Waals surface area contributed by atoms with Crippen LogP contribution in [0.1, 0.15) is 19.4 Å². The molecule has 0 saturated heterocycles. The number of anilines is 1. The van der Waals surface area contributed by atoms with Gasteiger partial charge in [-0.25, -0.2) is 0 Å². The van der Waals surface area contributed by atoms with E-state index in [0.29, 0.717) is 0 Å². The van der Waals surface area contributed by atoms with Crippen molar-refractivity contribution in [3.05, 3.63) is 58.6 Å². The Kier molecular flexibility index (Phi) is 4.68. The van der Waals surface area contributed by atoms with E-state index >= 15 is 0 Å². The van der Waals surface area contributed by atoms with Gasteiger partial charge >= 0.3 is 0 Å². The molecule has 1 amide bonds. The second kappa shape index (κ2) is 6.31. The van der Waals surface area contributed by atoms with Gasteiger partial charge in [0.1, 0.15) is 5.75 Å². The minimum Gasteiger partial charge on any atom is -0.497 e. The molecule has 21 heavy (non-hydrogen) atoms. The van der Waals surface area contributed by atoms with Crippen LogP contribution in [0, 0.1) is 0 Å². The Morgan fingerprint density at radius 1 is 1.14 bits per heavy atom. The number of carbonyl (C=O) groups excluding carboxylic acids is 1. The summed E-state index contributed by atoms with van der Waals surface area (Å²) in [6.45, 7) is 3.81. The van der Waals surface area contributed by atoms with Gasteiger partial charge in [-0.1, -0.05) is 34.1 Å². The van der Waals surface area contributed by atoms with Gasteiger partial charge in [0.2, 0.25) is 5.91 Å².